The van der Waals surface area contributed by atoms with Gasteiger partial charge in [0, 0.05) is 13.6 Å². The predicted octanol–water partition coefficient (Wildman–Crippen LogP) is 0.975. The van der Waals surface area contributed by atoms with Crippen LogP contribution in [0.15, 0.2) is 12.5 Å². The zero-order valence-corrected chi connectivity index (χ0v) is 10.6. The summed E-state index contributed by atoms with van der Waals surface area (Å²) in [5.41, 5.74) is 0. The van der Waals surface area contributed by atoms with E-state index < -0.39 is 0 Å². The van der Waals surface area contributed by atoms with E-state index in [4.69, 9.17) is 11.6 Å². The molecule has 0 spiro atoms. The summed E-state index contributed by atoms with van der Waals surface area (Å²) >= 11 is 5.90. The van der Waals surface area contributed by atoms with E-state index in [9.17, 15) is 0 Å². The van der Waals surface area contributed by atoms with Crippen LogP contribution in [-0.4, -0.2) is 24.3 Å². The van der Waals surface area contributed by atoms with Crippen molar-refractivity contribution in [3.8, 4) is 0 Å². The topological polar surface area (TPSA) is 60.6 Å². The fourth-order valence-corrected chi connectivity index (χ4v) is 1.70. The molecule has 17 heavy (non-hydrogen) atoms. The largest absolute Gasteiger partial charge is 0.321 e. The quantitative estimate of drug-likeness (QED) is 0.864. The van der Waals surface area contributed by atoms with Crippen LogP contribution >= 0.6 is 11.6 Å². The van der Waals surface area contributed by atoms with Crippen molar-refractivity contribution >= 4 is 11.6 Å². The van der Waals surface area contributed by atoms with Crippen LogP contribution in [0.3, 0.4) is 0 Å². The second-order valence-corrected chi connectivity index (χ2v) is 4.08. The predicted molar refractivity (Wildman–Crippen MR) is 64.5 cm³/mol. The summed E-state index contributed by atoms with van der Waals surface area (Å²) in [7, 11) is 1.89. The standard InChI is InChI=1S/C10H15ClN6/c1-3-17-7-14-15-10(17)6-12-5-9-13-4-8(11)16(9)2/h4,7,12H,3,5-6H2,1-2H3. The van der Waals surface area contributed by atoms with Gasteiger partial charge in [-0.1, -0.05) is 11.6 Å². The smallest absolute Gasteiger partial charge is 0.146 e. The van der Waals surface area contributed by atoms with Gasteiger partial charge in [0.15, 0.2) is 0 Å². The van der Waals surface area contributed by atoms with Gasteiger partial charge in [0.05, 0.1) is 19.3 Å². The highest BCUT2D eigenvalue weighted by molar-refractivity contribution is 6.29. The Hall–Kier alpha value is -1.40. The van der Waals surface area contributed by atoms with E-state index in [0.29, 0.717) is 18.2 Å². The summed E-state index contributed by atoms with van der Waals surface area (Å²) in [5.74, 6) is 1.82. The molecular formula is C10H15ClN6. The average molecular weight is 255 g/mol. The van der Waals surface area contributed by atoms with Crippen molar-refractivity contribution in [2.45, 2.75) is 26.6 Å². The number of imidazole rings is 1. The van der Waals surface area contributed by atoms with E-state index in [1.807, 2.05) is 16.2 Å². The molecule has 0 aliphatic carbocycles. The number of halogens is 1. The van der Waals surface area contributed by atoms with Crippen LogP contribution in [0, 0.1) is 0 Å². The molecule has 0 unspecified atom stereocenters. The van der Waals surface area contributed by atoms with Gasteiger partial charge in [0.1, 0.15) is 23.1 Å². The molecular weight excluding hydrogens is 240 g/mol. The van der Waals surface area contributed by atoms with Crippen molar-refractivity contribution in [1.29, 1.82) is 0 Å². The molecule has 1 N–H and O–H groups in total. The van der Waals surface area contributed by atoms with Crippen molar-refractivity contribution in [3.63, 3.8) is 0 Å². The monoisotopic (exact) mass is 254 g/mol. The number of rotatable bonds is 5. The summed E-state index contributed by atoms with van der Waals surface area (Å²) in [6.45, 7) is 4.25. The maximum absolute atomic E-state index is 5.90. The van der Waals surface area contributed by atoms with E-state index in [1.54, 1.807) is 12.5 Å². The van der Waals surface area contributed by atoms with Crippen molar-refractivity contribution in [3.05, 3.63) is 29.3 Å². The van der Waals surface area contributed by atoms with Gasteiger partial charge in [-0.15, -0.1) is 10.2 Å². The van der Waals surface area contributed by atoms with E-state index in [2.05, 4.69) is 27.4 Å². The third-order valence-corrected chi connectivity index (χ3v) is 2.98. The molecule has 0 aliphatic heterocycles. The molecule has 2 aromatic rings. The van der Waals surface area contributed by atoms with Gasteiger partial charge in [-0.25, -0.2) is 4.98 Å². The van der Waals surface area contributed by atoms with Crippen LogP contribution in [0.1, 0.15) is 18.6 Å². The molecule has 0 amide bonds. The zero-order valence-electron chi connectivity index (χ0n) is 9.89. The summed E-state index contributed by atoms with van der Waals surface area (Å²) in [4.78, 5) is 4.20. The first kappa shape index (κ1) is 12.1. The highest BCUT2D eigenvalue weighted by Crippen LogP contribution is 2.08. The lowest BCUT2D eigenvalue weighted by Crippen LogP contribution is -2.18. The van der Waals surface area contributed by atoms with Crippen LogP contribution in [0.4, 0.5) is 0 Å². The van der Waals surface area contributed by atoms with Crippen LogP contribution in [0.25, 0.3) is 0 Å². The molecule has 2 rings (SSSR count). The van der Waals surface area contributed by atoms with Crippen molar-refractivity contribution < 1.29 is 0 Å². The highest BCUT2D eigenvalue weighted by atomic mass is 35.5. The number of hydrogen-bond acceptors (Lipinski definition) is 4. The molecule has 0 atom stereocenters. The van der Waals surface area contributed by atoms with Gasteiger partial charge >= 0.3 is 0 Å². The second kappa shape index (κ2) is 5.29. The van der Waals surface area contributed by atoms with Gasteiger partial charge in [0.2, 0.25) is 0 Å². The van der Waals surface area contributed by atoms with E-state index in [1.165, 1.54) is 0 Å². The molecule has 2 heterocycles. The van der Waals surface area contributed by atoms with Gasteiger partial charge in [-0.3, -0.25) is 0 Å². The van der Waals surface area contributed by atoms with Gasteiger partial charge in [0.25, 0.3) is 0 Å². The average Bonchev–Trinajstić information content (AvgIpc) is 2.90. The second-order valence-electron chi connectivity index (χ2n) is 3.69. The fraction of sp³-hybridized carbons (Fsp3) is 0.500. The lowest BCUT2D eigenvalue weighted by atomic mass is 10.5. The minimum atomic E-state index is 0.638. The summed E-state index contributed by atoms with van der Waals surface area (Å²) in [6, 6.07) is 0. The number of nitrogens with zero attached hydrogens (tertiary/aromatic N) is 5. The van der Waals surface area contributed by atoms with E-state index in [-0.39, 0.29) is 0 Å². The number of hydrogen-bond donors (Lipinski definition) is 1. The maximum Gasteiger partial charge on any atom is 0.146 e. The molecule has 0 aliphatic rings. The Morgan fingerprint density at radius 1 is 1.35 bits per heavy atom. The van der Waals surface area contributed by atoms with Crippen molar-refractivity contribution in [2.75, 3.05) is 0 Å². The summed E-state index contributed by atoms with van der Waals surface area (Å²) < 4.78 is 3.84. The van der Waals surface area contributed by atoms with Crippen LogP contribution in [-0.2, 0) is 26.7 Å². The lowest BCUT2D eigenvalue weighted by Gasteiger charge is -2.06. The van der Waals surface area contributed by atoms with Crippen LogP contribution in [0.2, 0.25) is 5.15 Å². The molecule has 6 nitrogen and oxygen atoms in total. The minimum absolute atomic E-state index is 0.638. The normalized spacial score (nSPS) is 11.0. The maximum atomic E-state index is 5.90. The molecule has 7 heteroatoms. The Balaban J connectivity index is 1.90. The summed E-state index contributed by atoms with van der Waals surface area (Å²) in [6.07, 6.45) is 3.38. The highest BCUT2D eigenvalue weighted by Gasteiger charge is 2.05. The third-order valence-electron chi connectivity index (χ3n) is 2.63. The molecule has 0 radical (unpaired) electrons. The Labute approximate surface area is 105 Å². The van der Waals surface area contributed by atoms with Crippen LogP contribution in [0.5, 0.6) is 0 Å². The van der Waals surface area contributed by atoms with Crippen molar-refractivity contribution in [1.82, 2.24) is 29.6 Å². The molecule has 0 saturated carbocycles. The first-order valence-electron chi connectivity index (χ1n) is 5.46. The van der Waals surface area contributed by atoms with Gasteiger partial charge in [-0.2, -0.15) is 0 Å². The minimum Gasteiger partial charge on any atom is -0.321 e. The molecule has 0 saturated heterocycles. The molecule has 0 fully saturated rings. The Morgan fingerprint density at radius 3 is 2.76 bits per heavy atom. The first-order valence-corrected chi connectivity index (χ1v) is 5.83. The third kappa shape index (κ3) is 2.65. The SMILES string of the molecule is CCn1cnnc1CNCc1ncc(Cl)n1C. The first-order chi connectivity index (χ1) is 8.22. The number of nitrogens with one attached hydrogen (secondary N) is 1. The van der Waals surface area contributed by atoms with Crippen molar-refractivity contribution in [2.24, 2.45) is 7.05 Å². The molecule has 0 bridgehead atoms. The number of aromatic nitrogens is 5. The fourth-order valence-electron chi connectivity index (χ4n) is 1.55. The van der Waals surface area contributed by atoms with E-state index >= 15 is 0 Å². The molecule has 2 aromatic heterocycles. The number of aryl methyl sites for hydroxylation is 1. The lowest BCUT2D eigenvalue weighted by molar-refractivity contribution is 0.589. The zero-order chi connectivity index (χ0) is 12.3. The molecule has 0 aromatic carbocycles. The van der Waals surface area contributed by atoms with Crippen LogP contribution < -0.4 is 5.32 Å². The van der Waals surface area contributed by atoms with Gasteiger partial charge < -0.3 is 14.5 Å². The van der Waals surface area contributed by atoms with E-state index in [0.717, 1.165) is 18.2 Å². The Morgan fingerprint density at radius 2 is 2.12 bits per heavy atom. The summed E-state index contributed by atoms with van der Waals surface area (Å²) in [5, 5.41) is 11.8. The molecule has 92 valence electrons. The van der Waals surface area contributed by atoms with Gasteiger partial charge in [-0.05, 0) is 6.92 Å². The Bertz CT molecular complexity index is 489. The Kier molecular flexibility index (Phi) is 3.75.